The van der Waals surface area contributed by atoms with Crippen LogP contribution in [0.3, 0.4) is 0 Å². The van der Waals surface area contributed by atoms with Gasteiger partial charge in [0.1, 0.15) is 23.6 Å². The molecule has 1 aromatic carbocycles. The molecule has 0 saturated heterocycles. The predicted molar refractivity (Wildman–Crippen MR) is 174 cm³/mol. The zero-order valence-corrected chi connectivity index (χ0v) is 28.6. The smallest absolute Gasteiger partial charge is 0.416 e. The van der Waals surface area contributed by atoms with Crippen LogP contribution in [0.2, 0.25) is 0 Å². The van der Waals surface area contributed by atoms with Gasteiger partial charge in [-0.15, -0.1) is 0 Å². The van der Waals surface area contributed by atoms with Crippen molar-refractivity contribution in [2.75, 3.05) is 11.4 Å². The third-order valence-electron chi connectivity index (χ3n) is 6.38. The summed E-state index contributed by atoms with van der Waals surface area (Å²) in [6.07, 6.45) is 1.22. The molecule has 0 saturated carbocycles. The van der Waals surface area contributed by atoms with E-state index in [2.05, 4.69) is 30.7 Å². The van der Waals surface area contributed by atoms with Crippen molar-refractivity contribution in [3.05, 3.63) is 83.7 Å². The lowest BCUT2D eigenvalue weighted by atomic mass is 9.87. The molecule has 3 rings (SSSR count). The Kier molecular flexibility index (Phi) is 10.5. The first-order chi connectivity index (χ1) is 20.6. The molecule has 0 fully saturated rings. The van der Waals surface area contributed by atoms with E-state index in [0.717, 1.165) is 16.9 Å². The molecule has 1 atom stereocenters. The lowest BCUT2D eigenvalue weighted by Crippen LogP contribution is -2.48. The molecule has 0 radical (unpaired) electrons. The summed E-state index contributed by atoms with van der Waals surface area (Å²) >= 11 is 0. The van der Waals surface area contributed by atoms with Crippen LogP contribution in [-0.4, -0.2) is 48.2 Å². The molecule has 0 aliphatic heterocycles. The monoisotopic (exact) mass is 638 g/mol. The Bertz CT molecular complexity index is 1590. The molecule has 1 unspecified atom stereocenters. The van der Waals surface area contributed by atoms with Gasteiger partial charge >= 0.3 is 12.1 Å². The van der Waals surface area contributed by atoms with Gasteiger partial charge in [-0.25, -0.2) is 23.2 Å². The minimum atomic E-state index is -4.35. The summed E-state index contributed by atoms with van der Waals surface area (Å²) in [6, 6.07) is 16.7. The number of carbonyl (C=O) groups is 2. The maximum absolute atomic E-state index is 14.2. The lowest BCUT2D eigenvalue weighted by molar-refractivity contribution is -0.153. The van der Waals surface area contributed by atoms with Crippen LogP contribution in [0.25, 0.3) is 0 Å². The highest BCUT2D eigenvalue weighted by Crippen LogP contribution is 2.34. The van der Waals surface area contributed by atoms with E-state index in [9.17, 15) is 18.0 Å². The third-order valence-corrected chi connectivity index (χ3v) is 8.49. The minimum absolute atomic E-state index is 0.0285. The Morgan fingerprint density at radius 1 is 0.778 bits per heavy atom. The molecule has 244 valence electrons. The summed E-state index contributed by atoms with van der Waals surface area (Å²) in [4.78, 5) is 33.8. The van der Waals surface area contributed by atoms with Crippen molar-refractivity contribution in [2.24, 2.45) is 11.1 Å². The Labute approximate surface area is 267 Å². The van der Waals surface area contributed by atoms with Gasteiger partial charge in [-0.05, 0) is 88.8 Å². The Hall–Kier alpha value is -3.83. The summed E-state index contributed by atoms with van der Waals surface area (Å²) in [6.45, 7) is 16.1. The van der Waals surface area contributed by atoms with Gasteiger partial charge in [0.05, 0.1) is 5.69 Å². The predicted octanol–water partition coefficient (Wildman–Crippen LogP) is 5.98. The molecule has 45 heavy (non-hydrogen) atoms. The van der Waals surface area contributed by atoms with Crippen LogP contribution < -0.4 is 10.6 Å². The van der Waals surface area contributed by atoms with E-state index < -0.39 is 44.5 Å². The van der Waals surface area contributed by atoms with Crippen molar-refractivity contribution < 1.29 is 27.5 Å². The van der Waals surface area contributed by atoms with Crippen molar-refractivity contribution in [3.63, 3.8) is 0 Å². The zero-order chi connectivity index (χ0) is 33.8. The van der Waals surface area contributed by atoms with E-state index in [1.807, 2.05) is 24.3 Å². The molecule has 2 N–H and O–H groups in total. The van der Waals surface area contributed by atoms with Gasteiger partial charge in [-0.2, -0.15) is 0 Å². The fraction of sp³-hybridized carbons (Fsp3) is 0.471. The van der Waals surface area contributed by atoms with Gasteiger partial charge in [-0.3, -0.25) is 9.69 Å². The zero-order valence-electron chi connectivity index (χ0n) is 27.7. The number of amides is 1. The lowest BCUT2D eigenvalue weighted by Gasteiger charge is -2.31. The second-order valence-electron chi connectivity index (χ2n) is 14.3. The summed E-state index contributed by atoms with van der Waals surface area (Å²) < 4.78 is 39.5. The number of hydrogen-bond donors (Lipinski definition) is 1. The normalized spacial score (nSPS) is 13.9. The van der Waals surface area contributed by atoms with Gasteiger partial charge < -0.3 is 15.2 Å². The van der Waals surface area contributed by atoms with Crippen LogP contribution in [0.1, 0.15) is 79.1 Å². The molecular weight excluding hydrogens is 592 g/mol. The number of esters is 1. The van der Waals surface area contributed by atoms with Gasteiger partial charge in [0.15, 0.2) is 9.90 Å². The second-order valence-corrected chi connectivity index (χ2v) is 16.5. The summed E-state index contributed by atoms with van der Waals surface area (Å²) in [5.74, 6) is -0.727. The number of pyridine rings is 2. The molecule has 0 spiro atoms. The number of benzene rings is 1. The maximum Gasteiger partial charge on any atom is 0.416 e. The molecule has 0 aliphatic rings. The van der Waals surface area contributed by atoms with Crippen molar-refractivity contribution in [1.82, 2.24) is 9.97 Å². The Morgan fingerprint density at radius 2 is 1.36 bits per heavy atom. The van der Waals surface area contributed by atoms with Gasteiger partial charge in [-0.1, -0.05) is 57.2 Å². The van der Waals surface area contributed by atoms with Crippen molar-refractivity contribution in [1.29, 1.82) is 0 Å². The topological polar surface area (TPSA) is 142 Å². The van der Waals surface area contributed by atoms with Crippen LogP contribution in [-0.2, 0) is 41.8 Å². The summed E-state index contributed by atoms with van der Waals surface area (Å²) in [5.41, 5.74) is 7.03. The van der Waals surface area contributed by atoms with Gasteiger partial charge in [0, 0.05) is 12.6 Å². The number of nitrogens with two attached hydrogens (primary N) is 1. The third kappa shape index (κ3) is 9.83. The number of rotatable bonds is 9. The van der Waals surface area contributed by atoms with E-state index in [1.54, 1.807) is 53.7 Å². The van der Waals surface area contributed by atoms with E-state index in [0.29, 0.717) is 5.56 Å². The van der Waals surface area contributed by atoms with Crippen LogP contribution in [0.4, 0.5) is 10.6 Å². The van der Waals surface area contributed by atoms with Crippen LogP contribution in [0, 0.1) is 5.41 Å². The summed E-state index contributed by atoms with van der Waals surface area (Å²) in [5, 5.41) is -0.221. The fourth-order valence-corrected chi connectivity index (χ4v) is 6.15. The standard InChI is InChI=1S/C34H46N4O6S/c1-31(2,3)21-24-16-18-25(19-17-24)22-34(35,45(41,42)28-15-10-11-20-36-28)26-13-12-14-27(37-26)38(30(40)44-33(7,8)9)23-29(39)43-32(4,5)6/h10-20H,21-23,35H2,1-9H3. The van der Waals surface area contributed by atoms with Crippen molar-refractivity contribution in [2.45, 2.75) is 96.3 Å². The average Bonchev–Trinajstić information content (AvgIpc) is 2.90. The highest BCUT2D eigenvalue weighted by atomic mass is 32.2. The van der Waals surface area contributed by atoms with E-state index >= 15 is 0 Å². The Morgan fingerprint density at radius 3 is 1.87 bits per heavy atom. The van der Waals surface area contributed by atoms with Crippen LogP contribution >= 0.6 is 0 Å². The van der Waals surface area contributed by atoms with E-state index in [1.165, 1.54) is 30.5 Å². The first-order valence-electron chi connectivity index (χ1n) is 14.8. The first kappa shape index (κ1) is 35.6. The van der Waals surface area contributed by atoms with Crippen LogP contribution in [0.5, 0.6) is 0 Å². The molecule has 2 aromatic heterocycles. The van der Waals surface area contributed by atoms with Crippen molar-refractivity contribution in [3.8, 4) is 0 Å². The number of nitrogens with zero attached hydrogens (tertiary/aromatic N) is 3. The number of hydrogen-bond acceptors (Lipinski definition) is 9. The SMILES string of the molecule is CC(C)(C)Cc1ccc(CC(N)(c2cccc(N(CC(=O)OC(C)(C)C)C(=O)OC(C)(C)C)n2)S(=O)(=O)c2ccccn2)cc1. The molecule has 1 amide bonds. The van der Waals surface area contributed by atoms with Crippen molar-refractivity contribution >= 4 is 27.7 Å². The second kappa shape index (κ2) is 13.3. The number of anilines is 1. The molecule has 10 nitrogen and oxygen atoms in total. The van der Waals surface area contributed by atoms with E-state index in [4.69, 9.17) is 15.2 Å². The Balaban J connectivity index is 2.14. The molecule has 3 aromatic rings. The molecular formula is C34H46N4O6S. The quantitative estimate of drug-likeness (QED) is 0.280. The number of sulfone groups is 1. The molecule has 11 heteroatoms. The molecule has 0 bridgehead atoms. The van der Waals surface area contributed by atoms with Gasteiger partial charge in [0.2, 0.25) is 9.84 Å². The maximum atomic E-state index is 14.2. The average molecular weight is 639 g/mol. The highest BCUT2D eigenvalue weighted by molar-refractivity contribution is 7.92. The summed E-state index contributed by atoms with van der Waals surface area (Å²) in [7, 11) is -4.35. The molecule has 2 heterocycles. The first-order valence-corrected chi connectivity index (χ1v) is 16.3. The number of aromatic nitrogens is 2. The van der Waals surface area contributed by atoms with Crippen LogP contribution in [0.15, 0.2) is 71.9 Å². The highest BCUT2D eigenvalue weighted by Gasteiger charge is 2.45. The van der Waals surface area contributed by atoms with Gasteiger partial charge in [0.25, 0.3) is 0 Å². The largest absolute Gasteiger partial charge is 0.459 e. The minimum Gasteiger partial charge on any atom is -0.459 e. The number of ether oxygens (including phenoxy) is 2. The van der Waals surface area contributed by atoms with E-state index in [-0.39, 0.29) is 28.4 Å². The fourth-order valence-electron chi connectivity index (χ4n) is 4.57. The molecule has 0 aliphatic carbocycles. The number of carbonyl (C=O) groups excluding carboxylic acids is 2.